The van der Waals surface area contributed by atoms with Crippen molar-refractivity contribution in [3.8, 4) is 11.5 Å². The van der Waals surface area contributed by atoms with Gasteiger partial charge in [0, 0.05) is 11.8 Å². The van der Waals surface area contributed by atoms with Crippen LogP contribution in [-0.2, 0) is 0 Å². The highest BCUT2D eigenvalue weighted by molar-refractivity contribution is 5.49. The Morgan fingerprint density at radius 3 is 2.29 bits per heavy atom. The lowest BCUT2D eigenvalue weighted by atomic mass is 10.0. The van der Waals surface area contributed by atoms with E-state index in [1.165, 1.54) is 13.2 Å². The van der Waals surface area contributed by atoms with Gasteiger partial charge in [-0.1, -0.05) is 19.1 Å². The molecular weight excluding hydrogens is 269 g/mol. The highest BCUT2D eigenvalue weighted by atomic mass is 19.1. The first kappa shape index (κ1) is 15.2. The third-order valence-electron chi connectivity index (χ3n) is 3.42. The van der Waals surface area contributed by atoms with Crippen LogP contribution in [0.3, 0.4) is 0 Å². The zero-order valence-electron chi connectivity index (χ0n) is 12.5. The van der Waals surface area contributed by atoms with Gasteiger partial charge in [0.1, 0.15) is 5.75 Å². The minimum Gasteiger partial charge on any atom is -0.497 e. The van der Waals surface area contributed by atoms with Gasteiger partial charge >= 0.3 is 0 Å². The molecule has 0 spiro atoms. The van der Waals surface area contributed by atoms with Crippen LogP contribution in [0.5, 0.6) is 11.5 Å². The first-order valence-corrected chi connectivity index (χ1v) is 6.92. The summed E-state index contributed by atoms with van der Waals surface area (Å²) in [4.78, 5) is 0. The van der Waals surface area contributed by atoms with Crippen molar-refractivity contribution in [1.29, 1.82) is 0 Å². The summed E-state index contributed by atoms with van der Waals surface area (Å²) in [7, 11) is 3.10. The number of hydrogen-bond donors (Lipinski definition) is 1. The molecule has 0 aliphatic heterocycles. The molecule has 1 N–H and O–H groups in total. The Balaban J connectivity index is 2.16. The van der Waals surface area contributed by atoms with E-state index in [2.05, 4.69) is 12.2 Å². The number of ether oxygens (including phenoxy) is 2. The number of rotatable bonds is 6. The molecule has 0 aromatic heterocycles. The highest BCUT2D eigenvalue weighted by Crippen LogP contribution is 2.27. The zero-order chi connectivity index (χ0) is 15.2. The smallest absolute Gasteiger partial charge is 0.167 e. The molecule has 2 rings (SSSR count). The summed E-state index contributed by atoms with van der Waals surface area (Å²) in [6, 6.07) is 12.9. The van der Waals surface area contributed by atoms with E-state index in [1.807, 2.05) is 30.3 Å². The normalized spacial score (nSPS) is 11.8. The lowest BCUT2D eigenvalue weighted by Gasteiger charge is -2.19. The second-order valence-corrected chi connectivity index (χ2v) is 4.73. The molecule has 0 saturated carbocycles. The molecule has 3 nitrogen and oxygen atoms in total. The van der Waals surface area contributed by atoms with Crippen molar-refractivity contribution in [3.05, 3.63) is 53.8 Å². The van der Waals surface area contributed by atoms with Crippen molar-refractivity contribution < 1.29 is 13.9 Å². The standard InChI is InChI=1S/C17H20FNO2/c1-4-16(12-5-8-14(20-2)9-6-12)19-13-7-10-17(21-3)15(18)11-13/h5-11,16,19H,4H2,1-3H3. The fourth-order valence-electron chi connectivity index (χ4n) is 2.21. The molecule has 0 saturated heterocycles. The van der Waals surface area contributed by atoms with E-state index in [1.54, 1.807) is 13.2 Å². The van der Waals surface area contributed by atoms with Crippen LogP contribution in [-0.4, -0.2) is 14.2 Å². The van der Waals surface area contributed by atoms with E-state index < -0.39 is 0 Å². The van der Waals surface area contributed by atoms with Gasteiger partial charge in [-0.25, -0.2) is 4.39 Å². The van der Waals surface area contributed by atoms with Crippen LogP contribution in [0.25, 0.3) is 0 Å². The third-order valence-corrected chi connectivity index (χ3v) is 3.42. The Labute approximate surface area is 124 Å². The molecule has 21 heavy (non-hydrogen) atoms. The average molecular weight is 289 g/mol. The first-order chi connectivity index (χ1) is 10.2. The SMILES string of the molecule is CCC(Nc1ccc(OC)c(F)c1)c1ccc(OC)cc1. The zero-order valence-corrected chi connectivity index (χ0v) is 12.5. The summed E-state index contributed by atoms with van der Waals surface area (Å²) >= 11 is 0. The molecule has 0 aliphatic carbocycles. The maximum absolute atomic E-state index is 13.7. The quantitative estimate of drug-likeness (QED) is 0.854. The summed E-state index contributed by atoms with van der Waals surface area (Å²) < 4.78 is 23.8. The Hall–Kier alpha value is -2.23. The van der Waals surface area contributed by atoms with Crippen molar-refractivity contribution in [1.82, 2.24) is 0 Å². The Morgan fingerprint density at radius 2 is 1.76 bits per heavy atom. The molecule has 1 atom stereocenters. The number of anilines is 1. The Morgan fingerprint density at radius 1 is 1.05 bits per heavy atom. The summed E-state index contributed by atoms with van der Waals surface area (Å²) in [6.07, 6.45) is 0.889. The first-order valence-electron chi connectivity index (χ1n) is 6.92. The van der Waals surface area contributed by atoms with Crippen LogP contribution in [0.4, 0.5) is 10.1 Å². The van der Waals surface area contributed by atoms with E-state index in [9.17, 15) is 4.39 Å². The van der Waals surface area contributed by atoms with Crippen molar-refractivity contribution in [2.24, 2.45) is 0 Å². The van der Waals surface area contributed by atoms with E-state index in [0.29, 0.717) is 0 Å². The topological polar surface area (TPSA) is 30.5 Å². The number of hydrogen-bond acceptors (Lipinski definition) is 3. The molecule has 0 bridgehead atoms. The molecule has 2 aromatic rings. The van der Waals surface area contributed by atoms with Crippen molar-refractivity contribution in [2.75, 3.05) is 19.5 Å². The summed E-state index contributed by atoms with van der Waals surface area (Å²) in [6.45, 7) is 2.09. The van der Waals surface area contributed by atoms with E-state index in [0.717, 1.165) is 23.4 Å². The van der Waals surface area contributed by atoms with Crippen LogP contribution >= 0.6 is 0 Å². The van der Waals surface area contributed by atoms with Crippen molar-refractivity contribution in [2.45, 2.75) is 19.4 Å². The molecule has 2 aromatic carbocycles. The van der Waals surface area contributed by atoms with Crippen LogP contribution in [0, 0.1) is 5.82 Å². The average Bonchev–Trinajstić information content (AvgIpc) is 2.53. The van der Waals surface area contributed by atoms with Crippen LogP contribution in [0.15, 0.2) is 42.5 Å². The van der Waals surface area contributed by atoms with E-state index in [-0.39, 0.29) is 17.6 Å². The second kappa shape index (κ2) is 6.97. The van der Waals surface area contributed by atoms with Gasteiger partial charge in [-0.05, 0) is 36.2 Å². The Bertz CT molecular complexity index is 584. The third kappa shape index (κ3) is 3.66. The van der Waals surface area contributed by atoms with Gasteiger partial charge in [-0.2, -0.15) is 0 Å². The van der Waals surface area contributed by atoms with Gasteiger partial charge in [0.25, 0.3) is 0 Å². The molecular formula is C17H20FNO2. The fraction of sp³-hybridized carbons (Fsp3) is 0.294. The minimum atomic E-state index is -0.368. The monoisotopic (exact) mass is 289 g/mol. The molecule has 0 fully saturated rings. The molecule has 4 heteroatoms. The van der Waals surface area contributed by atoms with Gasteiger partial charge in [-0.15, -0.1) is 0 Å². The predicted octanol–water partition coefficient (Wildman–Crippen LogP) is 4.41. The minimum absolute atomic E-state index is 0.115. The van der Waals surface area contributed by atoms with Crippen LogP contribution in [0.1, 0.15) is 24.9 Å². The van der Waals surface area contributed by atoms with Crippen LogP contribution < -0.4 is 14.8 Å². The maximum Gasteiger partial charge on any atom is 0.167 e. The lowest BCUT2D eigenvalue weighted by Crippen LogP contribution is -2.09. The highest BCUT2D eigenvalue weighted by Gasteiger charge is 2.11. The molecule has 0 amide bonds. The largest absolute Gasteiger partial charge is 0.497 e. The number of benzene rings is 2. The van der Waals surface area contributed by atoms with E-state index >= 15 is 0 Å². The molecule has 0 radical (unpaired) electrons. The van der Waals surface area contributed by atoms with Crippen molar-refractivity contribution in [3.63, 3.8) is 0 Å². The van der Waals surface area contributed by atoms with Gasteiger partial charge in [0.05, 0.1) is 20.3 Å². The fourth-order valence-corrected chi connectivity index (χ4v) is 2.21. The number of halogens is 1. The summed E-state index contributed by atoms with van der Waals surface area (Å²) in [5.41, 5.74) is 1.87. The maximum atomic E-state index is 13.7. The van der Waals surface area contributed by atoms with Crippen LogP contribution in [0.2, 0.25) is 0 Å². The second-order valence-electron chi connectivity index (χ2n) is 4.73. The van der Waals surface area contributed by atoms with Gasteiger partial charge in [0.15, 0.2) is 11.6 Å². The van der Waals surface area contributed by atoms with Gasteiger partial charge in [0.2, 0.25) is 0 Å². The molecule has 112 valence electrons. The van der Waals surface area contributed by atoms with Gasteiger partial charge in [-0.3, -0.25) is 0 Å². The lowest BCUT2D eigenvalue weighted by molar-refractivity contribution is 0.386. The Kier molecular flexibility index (Phi) is 5.04. The number of nitrogens with one attached hydrogen (secondary N) is 1. The molecule has 0 heterocycles. The summed E-state index contributed by atoms with van der Waals surface area (Å²) in [5, 5.41) is 3.34. The molecule has 0 aliphatic rings. The number of methoxy groups -OCH3 is 2. The molecule has 1 unspecified atom stereocenters. The van der Waals surface area contributed by atoms with Crippen molar-refractivity contribution >= 4 is 5.69 Å². The van der Waals surface area contributed by atoms with Gasteiger partial charge < -0.3 is 14.8 Å². The van der Waals surface area contributed by atoms with E-state index in [4.69, 9.17) is 9.47 Å². The predicted molar refractivity (Wildman–Crippen MR) is 82.6 cm³/mol. The summed E-state index contributed by atoms with van der Waals surface area (Å²) in [5.74, 6) is 0.703.